The average molecular weight is 235 g/mol. The molecule has 1 N–H and O–H groups in total. The summed E-state index contributed by atoms with van der Waals surface area (Å²) >= 11 is 0. The van der Waals surface area contributed by atoms with Crippen LogP contribution in [0, 0.1) is 0 Å². The van der Waals surface area contributed by atoms with Gasteiger partial charge in [0.1, 0.15) is 0 Å². The molecule has 0 saturated heterocycles. The Morgan fingerprint density at radius 2 is 1.94 bits per heavy atom. The third kappa shape index (κ3) is 7.14. The van der Waals surface area contributed by atoms with Gasteiger partial charge in [-0.05, 0) is 51.8 Å². The maximum atomic E-state index is 5.78. The van der Waals surface area contributed by atoms with Gasteiger partial charge in [0.15, 0.2) is 0 Å². The second-order valence-corrected chi connectivity index (χ2v) is 4.52. The lowest BCUT2D eigenvalue weighted by atomic mass is 10.1. The number of rotatable bonds is 9. The summed E-state index contributed by atoms with van der Waals surface area (Å²) in [5.41, 5.74) is 1.40. The topological polar surface area (TPSA) is 21.3 Å². The molecule has 0 aliphatic rings. The smallest absolute Gasteiger partial charge is 0.0547 e. The molecular formula is C15H25NO. The third-order valence-electron chi connectivity index (χ3n) is 2.89. The van der Waals surface area contributed by atoms with Crippen molar-refractivity contribution in [1.29, 1.82) is 0 Å². The lowest BCUT2D eigenvalue weighted by molar-refractivity contribution is 0.0576. The molecule has 1 aromatic rings. The van der Waals surface area contributed by atoms with Crippen molar-refractivity contribution in [2.45, 2.75) is 38.7 Å². The van der Waals surface area contributed by atoms with Crippen molar-refractivity contribution in [2.24, 2.45) is 0 Å². The maximum Gasteiger partial charge on any atom is 0.0547 e. The summed E-state index contributed by atoms with van der Waals surface area (Å²) in [4.78, 5) is 0. The van der Waals surface area contributed by atoms with E-state index in [1.165, 1.54) is 12.0 Å². The number of hydrogen-bond acceptors (Lipinski definition) is 2. The summed E-state index contributed by atoms with van der Waals surface area (Å²) in [7, 11) is 1.99. The molecule has 1 unspecified atom stereocenters. The van der Waals surface area contributed by atoms with E-state index >= 15 is 0 Å². The van der Waals surface area contributed by atoms with E-state index in [9.17, 15) is 0 Å². The van der Waals surface area contributed by atoms with Crippen LogP contribution < -0.4 is 5.32 Å². The van der Waals surface area contributed by atoms with Crippen molar-refractivity contribution in [3.05, 3.63) is 35.9 Å². The Bertz CT molecular complexity index is 274. The molecular weight excluding hydrogens is 210 g/mol. The largest absolute Gasteiger partial charge is 0.378 e. The molecule has 1 aromatic carbocycles. The summed E-state index contributed by atoms with van der Waals surface area (Å²) in [6.45, 7) is 4.12. The minimum Gasteiger partial charge on any atom is -0.378 e. The fraction of sp³-hybridized carbons (Fsp3) is 0.600. The molecule has 0 fully saturated rings. The molecule has 1 rings (SSSR count). The fourth-order valence-electron chi connectivity index (χ4n) is 1.86. The number of ether oxygens (including phenoxy) is 1. The Morgan fingerprint density at radius 1 is 1.18 bits per heavy atom. The minimum atomic E-state index is 0.388. The molecule has 0 radical (unpaired) electrons. The highest BCUT2D eigenvalue weighted by atomic mass is 16.5. The normalized spacial score (nSPS) is 12.6. The van der Waals surface area contributed by atoms with Crippen LogP contribution in [0.1, 0.15) is 31.7 Å². The lowest BCUT2D eigenvalue weighted by Gasteiger charge is -2.12. The SMILES string of the molecule is CNCCCC(C)OCCCc1ccccc1. The molecule has 96 valence electrons. The number of nitrogens with one attached hydrogen (secondary N) is 1. The molecule has 0 aliphatic carbocycles. The van der Waals surface area contributed by atoms with Crippen LogP contribution in [0.15, 0.2) is 30.3 Å². The van der Waals surface area contributed by atoms with Crippen molar-refractivity contribution in [3.8, 4) is 0 Å². The molecule has 2 nitrogen and oxygen atoms in total. The molecule has 2 heteroatoms. The van der Waals surface area contributed by atoms with E-state index in [2.05, 4.69) is 42.6 Å². The fourth-order valence-corrected chi connectivity index (χ4v) is 1.86. The zero-order valence-electron chi connectivity index (χ0n) is 11.1. The second-order valence-electron chi connectivity index (χ2n) is 4.52. The van der Waals surface area contributed by atoms with E-state index in [0.29, 0.717) is 6.10 Å². The zero-order valence-corrected chi connectivity index (χ0v) is 11.1. The van der Waals surface area contributed by atoms with Gasteiger partial charge in [0.25, 0.3) is 0 Å². The van der Waals surface area contributed by atoms with E-state index in [0.717, 1.165) is 32.4 Å². The van der Waals surface area contributed by atoms with Gasteiger partial charge in [-0.1, -0.05) is 30.3 Å². The van der Waals surface area contributed by atoms with Crippen molar-refractivity contribution < 1.29 is 4.74 Å². The van der Waals surface area contributed by atoms with Gasteiger partial charge in [0.05, 0.1) is 6.10 Å². The molecule has 0 aliphatic heterocycles. The Kier molecular flexibility index (Phi) is 7.69. The van der Waals surface area contributed by atoms with Crippen molar-refractivity contribution in [1.82, 2.24) is 5.32 Å². The van der Waals surface area contributed by atoms with Crippen molar-refractivity contribution >= 4 is 0 Å². The maximum absolute atomic E-state index is 5.78. The van der Waals surface area contributed by atoms with Gasteiger partial charge >= 0.3 is 0 Å². The second kappa shape index (κ2) is 9.20. The Morgan fingerprint density at radius 3 is 2.65 bits per heavy atom. The van der Waals surface area contributed by atoms with Crippen LogP contribution in [0.3, 0.4) is 0 Å². The van der Waals surface area contributed by atoms with E-state index in [1.54, 1.807) is 0 Å². The monoisotopic (exact) mass is 235 g/mol. The predicted molar refractivity (Wildman–Crippen MR) is 73.3 cm³/mol. The first-order valence-electron chi connectivity index (χ1n) is 6.63. The standard InChI is InChI=1S/C15H25NO/c1-14(8-6-12-16-2)17-13-7-11-15-9-4-3-5-10-15/h3-5,9-10,14,16H,6-8,11-13H2,1-2H3. The van der Waals surface area contributed by atoms with Crippen LogP contribution >= 0.6 is 0 Å². The molecule has 0 aromatic heterocycles. The lowest BCUT2D eigenvalue weighted by Crippen LogP contribution is -2.14. The predicted octanol–water partition coefficient (Wildman–Crippen LogP) is 3.02. The Hall–Kier alpha value is -0.860. The average Bonchev–Trinajstić information content (AvgIpc) is 2.36. The highest BCUT2D eigenvalue weighted by Gasteiger charge is 2.01. The number of benzene rings is 1. The summed E-state index contributed by atoms with van der Waals surface area (Å²) < 4.78 is 5.78. The van der Waals surface area contributed by atoms with Gasteiger partial charge in [-0.2, -0.15) is 0 Å². The van der Waals surface area contributed by atoms with Crippen LogP contribution in [0.4, 0.5) is 0 Å². The molecule has 0 amide bonds. The van der Waals surface area contributed by atoms with Gasteiger partial charge in [0, 0.05) is 6.61 Å². The highest BCUT2D eigenvalue weighted by Crippen LogP contribution is 2.05. The molecule has 0 saturated carbocycles. The van der Waals surface area contributed by atoms with Gasteiger partial charge in [0.2, 0.25) is 0 Å². The number of hydrogen-bond donors (Lipinski definition) is 1. The summed E-state index contributed by atoms with van der Waals surface area (Å²) in [6, 6.07) is 10.6. The third-order valence-corrected chi connectivity index (χ3v) is 2.89. The van der Waals surface area contributed by atoms with E-state index in [1.807, 2.05) is 7.05 Å². The quantitative estimate of drug-likeness (QED) is 0.664. The van der Waals surface area contributed by atoms with E-state index in [4.69, 9.17) is 4.74 Å². The first-order chi connectivity index (χ1) is 8.33. The first kappa shape index (κ1) is 14.2. The minimum absolute atomic E-state index is 0.388. The van der Waals surface area contributed by atoms with Crippen molar-refractivity contribution in [2.75, 3.05) is 20.2 Å². The first-order valence-corrected chi connectivity index (χ1v) is 6.63. The van der Waals surface area contributed by atoms with Crippen LogP contribution in [-0.2, 0) is 11.2 Å². The number of aryl methyl sites for hydroxylation is 1. The molecule has 17 heavy (non-hydrogen) atoms. The van der Waals surface area contributed by atoms with Crippen LogP contribution in [0.25, 0.3) is 0 Å². The summed E-state index contributed by atoms with van der Waals surface area (Å²) in [5, 5.41) is 3.16. The van der Waals surface area contributed by atoms with Crippen molar-refractivity contribution in [3.63, 3.8) is 0 Å². The highest BCUT2D eigenvalue weighted by molar-refractivity contribution is 5.14. The van der Waals surface area contributed by atoms with Gasteiger partial charge in [-0.25, -0.2) is 0 Å². The molecule has 0 heterocycles. The molecule has 0 bridgehead atoms. The van der Waals surface area contributed by atoms with Gasteiger partial charge < -0.3 is 10.1 Å². The van der Waals surface area contributed by atoms with E-state index in [-0.39, 0.29) is 0 Å². The summed E-state index contributed by atoms with van der Waals surface area (Å²) in [6.07, 6.45) is 4.95. The molecule has 0 spiro atoms. The Labute approximate surface area is 105 Å². The van der Waals surface area contributed by atoms with Gasteiger partial charge in [-0.15, -0.1) is 0 Å². The van der Waals surface area contributed by atoms with E-state index < -0.39 is 0 Å². The van der Waals surface area contributed by atoms with Gasteiger partial charge in [-0.3, -0.25) is 0 Å². The van der Waals surface area contributed by atoms with Crippen LogP contribution in [0.5, 0.6) is 0 Å². The van der Waals surface area contributed by atoms with Crippen LogP contribution in [0.2, 0.25) is 0 Å². The zero-order chi connectivity index (χ0) is 12.3. The molecule has 1 atom stereocenters. The Balaban J connectivity index is 2.00. The summed E-state index contributed by atoms with van der Waals surface area (Å²) in [5.74, 6) is 0. The van der Waals surface area contributed by atoms with Crippen LogP contribution in [-0.4, -0.2) is 26.3 Å².